The van der Waals surface area contributed by atoms with Gasteiger partial charge < -0.3 is 0 Å². The second-order valence-electron chi connectivity index (χ2n) is 2.89. The molecule has 1 aliphatic rings. The van der Waals surface area contributed by atoms with E-state index in [0.29, 0.717) is 19.6 Å². The summed E-state index contributed by atoms with van der Waals surface area (Å²) in [6.07, 6.45) is -2.31. The normalized spacial score (nSPS) is 36.0. The summed E-state index contributed by atoms with van der Waals surface area (Å²) in [5, 5.41) is 0. The number of rotatable bonds is 1. The van der Waals surface area contributed by atoms with Gasteiger partial charge in [-0.25, -0.2) is 13.7 Å². The number of hydrogen-bond acceptors (Lipinski definition) is 2. The highest BCUT2D eigenvalue weighted by atomic mass is 19.2. The molecule has 1 aliphatic heterocycles. The van der Waals surface area contributed by atoms with E-state index in [0.717, 1.165) is 4.90 Å². The third kappa shape index (κ3) is 1.87. The van der Waals surface area contributed by atoms with Gasteiger partial charge in [0.25, 0.3) is 0 Å². The van der Waals surface area contributed by atoms with Gasteiger partial charge >= 0.3 is 0 Å². The molecule has 2 atom stereocenters. The monoisotopic (exact) mass is 164 g/mol. The van der Waals surface area contributed by atoms with Crippen molar-refractivity contribution in [2.45, 2.75) is 19.5 Å². The summed E-state index contributed by atoms with van der Waals surface area (Å²) in [7, 11) is 1.47. The highest BCUT2D eigenvalue weighted by Crippen LogP contribution is 2.14. The summed E-state index contributed by atoms with van der Waals surface area (Å²) in [6.45, 7) is 3.28. The number of hydrogen-bond donors (Lipinski definition) is 0. The summed E-state index contributed by atoms with van der Waals surface area (Å²) in [6, 6.07) is 0. The number of halogens is 2. The van der Waals surface area contributed by atoms with Crippen molar-refractivity contribution in [2.75, 3.05) is 26.7 Å². The van der Waals surface area contributed by atoms with Crippen LogP contribution in [0, 0.1) is 0 Å². The number of nitrogens with zero attached hydrogens (tertiary/aromatic N) is 2. The molecule has 1 saturated heterocycles. The van der Waals surface area contributed by atoms with Gasteiger partial charge in [0, 0.05) is 13.1 Å². The molecular formula is C7H14F2N2. The van der Waals surface area contributed by atoms with Crippen molar-refractivity contribution in [3.8, 4) is 0 Å². The summed E-state index contributed by atoms with van der Waals surface area (Å²) in [4.78, 5) is 2.90. The number of likely N-dealkylation sites (N-methyl/N-ethyl adjacent to an activating group) is 2. The van der Waals surface area contributed by atoms with Gasteiger partial charge in [-0.1, -0.05) is 6.92 Å². The van der Waals surface area contributed by atoms with Crippen LogP contribution in [0.3, 0.4) is 0 Å². The van der Waals surface area contributed by atoms with Gasteiger partial charge in [0.2, 0.25) is 0 Å². The molecule has 0 spiro atoms. The van der Waals surface area contributed by atoms with Crippen molar-refractivity contribution >= 4 is 0 Å². The summed E-state index contributed by atoms with van der Waals surface area (Å²) in [5.74, 6) is 0. The Kier molecular flexibility index (Phi) is 2.78. The molecule has 0 bridgehead atoms. The molecule has 2 nitrogen and oxygen atoms in total. The van der Waals surface area contributed by atoms with Crippen molar-refractivity contribution in [3.63, 3.8) is 0 Å². The zero-order valence-corrected chi connectivity index (χ0v) is 6.93. The van der Waals surface area contributed by atoms with E-state index in [-0.39, 0.29) is 0 Å². The lowest BCUT2D eigenvalue weighted by Gasteiger charge is -2.37. The van der Waals surface area contributed by atoms with Gasteiger partial charge in [-0.15, -0.1) is 0 Å². The maximum atomic E-state index is 12.9. The van der Waals surface area contributed by atoms with Crippen LogP contribution in [0.25, 0.3) is 0 Å². The van der Waals surface area contributed by atoms with E-state index in [4.69, 9.17) is 0 Å². The van der Waals surface area contributed by atoms with E-state index in [9.17, 15) is 8.78 Å². The lowest BCUT2D eigenvalue weighted by atomic mass is 10.3. The molecule has 0 aliphatic carbocycles. The van der Waals surface area contributed by atoms with Crippen molar-refractivity contribution in [3.05, 3.63) is 0 Å². The van der Waals surface area contributed by atoms with Crippen molar-refractivity contribution < 1.29 is 8.78 Å². The molecule has 0 amide bonds. The highest BCUT2D eigenvalue weighted by Gasteiger charge is 2.30. The fraction of sp³-hybridized carbons (Fsp3) is 1.00. The molecule has 11 heavy (non-hydrogen) atoms. The van der Waals surface area contributed by atoms with Gasteiger partial charge in [0.15, 0.2) is 12.6 Å². The van der Waals surface area contributed by atoms with Crippen LogP contribution in [0.1, 0.15) is 6.92 Å². The molecule has 0 saturated carbocycles. The Morgan fingerprint density at radius 1 is 1.27 bits per heavy atom. The van der Waals surface area contributed by atoms with Crippen molar-refractivity contribution in [1.29, 1.82) is 0 Å². The summed E-state index contributed by atoms with van der Waals surface area (Å²) in [5.41, 5.74) is 0. The Balaban J connectivity index is 2.47. The molecule has 4 heteroatoms. The average molecular weight is 164 g/mol. The van der Waals surface area contributed by atoms with Gasteiger partial charge in [-0.05, 0) is 13.6 Å². The third-order valence-electron chi connectivity index (χ3n) is 2.15. The quantitative estimate of drug-likeness (QED) is 0.530. The first-order chi connectivity index (χ1) is 5.15. The lowest BCUT2D eigenvalue weighted by molar-refractivity contribution is -0.0704. The third-order valence-corrected chi connectivity index (χ3v) is 2.15. The van der Waals surface area contributed by atoms with Gasteiger partial charge in [-0.3, -0.25) is 4.90 Å². The maximum Gasteiger partial charge on any atom is 0.168 e. The predicted octanol–water partition coefficient (Wildman–Crippen LogP) is 0.845. The topological polar surface area (TPSA) is 6.48 Å². The Bertz CT molecular complexity index is 120. The molecule has 2 unspecified atom stereocenters. The molecule has 1 fully saturated rings. The largest absolute Gasteiger partial charge is 0.295 e. The molecule has 66 valence electrons. The molecular weight excluding hydrogens is 150 g/mol. The SMILES string of the molecule is CCN1CC(F)N(C)C(F)C1. The minimum atomic E-state index is -1.15. The van der Waals surface area contributed by atoms with E-state index in [1.807, 2.05) is 6.92 Å². The van der Waals surface area contributed by atoms with Gasteiger partial charge in [-0.2, -0.15) is 0 Å². The first kappa shape index (κ1) is 8.87. The smallest absolute Gasteiger partial charge is 0.168 e. The highest BCUT2D eigenvalue weighted by molar-refractivity contribution is 4.75. The zero-order chi connectivity index (χ0) is 8.43. The number of alkyl halides is 2. The molecule has 1 rings (SSSR count). The maximum absolute atomic E-state index is 12.9. The Morgan fingerprint density at radius 2 is 1.73 bits per heavy atom. The van der Waals surface area contributed by atoms with Gasteiger partial charge in [0.1, 0.15) is 0 Å². The Labute approximate surface area is 65.8 Å². The lowest BCUT2D eigenvalue weighted by Crippen LogP contribution is -2.53. The van der Waals surface area contributed by atoms with Crippen LogP contribution in [-0.2, 0) is 0 Å². The minimum absolute atomic E-state index is 0.327. The van der Waals surface area contributed by atoms with Crippen LogP contribution in [0.2, 0.25) is 0 Å². The van der Waals surface area contributed by atoms with Crippen molar-refractivity contribution in [2.24, 2.45) is 0 Å². The van der Waals surface area contributed by atoms with E-state index in [1.54, 1.807) is 4.90 Å². The number of piperazine rings is 1. The first-order valence-corrected chi connectivity index (χ1v) is 3.87. The van der Waals surface area contributed by atoms with Crippen LogP contribution >= 0.6 is 0 Å². The van der Waals surface area contributed by atoms with E-state index >= 15 is 0 Å². The molecule has 0 aromatic carbocycles. The van der Waals surface area contributed by atoms with Crippen LogP contribution in [-0.4, -0.2) is 49.1 Å². The zero-order valence-electron chi connectivity index (χ0n) is 6.93. The Hall–Kier alpha value is -0.220. The van der Waals surface area contributed by atoms with Crippen molar-refractivity contribution in [1.82, 2.24) is 9.80 Å². The summed E-state index contributed by atoms with van der Waals surface area (Å²) >= 11 is 0. The van der Waals surface area contributed by atoms with Crippen LogP contribution in [0.15, 0.2) is 0 Å². The van der Waals surface area contributed by atoms with Crippen LogP contribution in [0.5, 0.6) is 0 Å². The van der Waals surface area contributed by atoms with Crippen LogP contribution in [0.4, 0.5) is 8.78 Å². The average Bonchev–Trinajstić information content (AvgIpc) is 1.99. The summed E-state index contributed by atoms with van der Waals surface area (Å²) < 4.78 is 25.8. The van der Waals surface area contributed by atoms with E-state index in [2.05, 4.69) is 0 Å². The fourth-order valence-electron chi connectivity index (χ4n) is 1.19. The van der Waals surface area contributed by atoms with E-state index < -0.39 is 12.6 Å². The standard InChI is InChI=1S/C7H14F2N2/c1-3-11-4-6(8)10(2)7(9)5-11/h6-7H,3-5H2,1-2H3. The predicted molar refractivity (Wildman–Crippen MR) is 39.7 cm³/mol. The van der Waals surface area contributed by atoms with E-state index in [1.165, 1.54) is 7.05 Å². The molecule has 0 aromatic heterocycles. The molecule has 0 aromatic rings. The van der Waals surface area contributed by atoms with Gasteiger partial charge in [0.05, 0.1) is 0 Å². The second kappa shape index (κ2) is 3.45. The molecule has 1 heterocycles. The first-order valence-electron chi connectivity index (χ1n) is 3.87. The second-order valence-corrected chi connectivity index (χ2v) is 2.89. The molecule has 0 N–H and O–H groups in total. The minimum Gasteiger partial charge on any atom is -0.295 e. The molecule has 0 radical (unpaired) electrons. The Morgan fingerprint density at radius 3 is 2.09 bits per heavy atom. The fourth-order valence-corrected chi connectivity index (χ4v) is 1.19. The van der Waals surface area contributed by atoms with Crippen LogP contribution < -0.4 is 0 Å².